The van der Waals surface area contributed by atoms with Crippen molar-refractivity contribution >= 4 is 35.0 Å². The molecule has 0 unspecified atom stereocenters. The van der Waals surface area contributed by atoms with Crippen molar-refractivity contribution in [2.75, 3.05) is 11.1 Å². The van der Waals surface area contributed by atoms with Gasteiger partial charge < -0.3 is 5.32 Å². The van der Waals surface area contributed by atoms with E-state index in [9.17, 15) is 4.79 Å². The van der Waals surface area contributed by atoms with Gasteiger partial charge in [-0.25, -0.2) is 0 Å². The zero-order chi connectivity index (χ0) is 21.8. The van der Waals surface area contributed by atoms with Crippen LogP contribution in [0.5, 0.6) is 0 Å². The van der Waals surface area contributed by atoms with Gasteiger partial charge in [0.1, 0.15) is 0 Å². The lowest BCUT2D eigenvalue weighted by Crippen LogP contribution is -2.15. The smallest absolute Gasteiger partial charge is 0.234 e. The molecule has 1 aromatic heterocycles. The van der Waals surface area contributed by atoms with Gasteiger partial charge in [0.05, 0.1) is 5.75 Å². The van der Waals surface area contributed by atoms with Gasteiger partial charge in [0.25, 0.3) is 0 Å². The summed E-state index contributed by atoms with van der Waals surface area (Å²) in [7, 11) is 0. The Morgan fingerprint density at radius 3 is 2.55 bits per heavy atom. The van der Waals surface area contributed by atoms with Crippen molar-refractivity contribution in [3.8, 4) is 17.1 Å². The standard InChI is InChI=1S/C24H21ClN4OS/c1-16-7-6-8-18(13-16)23-27-28-24(29(23)20-9-4-3-5-10-20)31-15-22(30)26-21-12-11-19(25)14-17(21)2/h3-14H,15H2,1-2H3,(H,26,30). The molecule has 0 radical (unpaired) electrons. The average Bonchev–Trinajstić information content (AvgIpc) is 3.19. The normalized spacial score (nSPS) is 10.8. The molecule has 31 heavy (non-hydrogen) atoms. The Morgan fingerprint density at radius 1 is 1.00 bits per heavy atom. The van der Waals surface area contributed by atoms with Crippen LogP contribution in [-0.4, -0.2) is 26.4 Å². The second-order valence-corrected chi connectivity index (χ2v) is 8.52. The topological polar surface area (TPSA) is 59.8 Å². The van der Waals surface area contributed by atoms with E-state index in [0.29, 0.717) is 10.2 Å². The van der Waals surface area contributed by atoms with E-state index in [1.54, 1.807) is 6.07 Å². The predicted molar refractivity (Wildman–Crippen MR) is 127 cm³/mol. The number of carbonyl (C=O) groups excluding carboxylic acids is 1. The summed E-state index contributed by atoms with van der Waals surface area (Å²) in [6, 6.07) is 23.5. The summed E-state index contributed by atoms with van der Waals surface area (Å²) >= 11 is 7.35. The van der Waals surface area contributed by atoms with E-state index < -0.39 is 0 Å². The first-order valence-electron chi connectivity index (χ1n) is 9.78. The van der Waals surface area contributed by atoms with Crippen molar-refractivity contribution in [1.82, 2.24) is 14.8 Å². The fraction of sp³-hybridized carbons (Fsp3) is 0.125. The van der Waals surface area contributed by atoms with E-state index in [4.69, 9.17) is 11.6 Å². The molecule has 0 fully saturated rings. The van der Waals surface area contributed by atoms with Gasteiger partial charge in [-0.05, 0) is 55.8 Å². The number of benzene rings is 3. The maximum absolute atomic E-state index is 12.6. The quantitative estimate of drug-likeness (QED) is 0.371. The van der Waals surface area contributed by atoms with Crippen molar-refractivity contribution in [1.29, 1.82) is 0 Å². The fourth-order valence-electron chi connectivity index (χ4n) is 3.23. The summed E-state index contributed by atoms with van der Waals surface area (Å²) in [6.45, 7) is 3.96. The van der Waals surface area contributed by atoms with Crippen LogP contribution < -0.4 is 5.32 Å². The van der Waals surface area contributed by atoms with Crippen molar-refractivity contribution in [3.05, 3.63) is 88.9 Å². The second kappa shape index (κ2) is 9.37. The maximum atomic E-state index is 12.6. The predicted octanol–water partition coefficient (Wildman–Crippen LogP) is 5.94. The van der Waals surface area contributed by atoms with Gasteiger partial charge >= 0.3 is 0 Å². The molecule has 0 saturated carbocycles. The first-order valence-corrected chi connectivity index (χ1v) is 11.1. The number of carbonyl (C=O) groups is 1. The number of rotatable bonds is 6. The van der Waals surface area contributed by atoms with E-state index >= 15 is 0 Å². The first kappa shape index (κ1) is 21.2. The van der Waals surface area contributed by atoms with Gasteiger partial charge in [-0.3, -0.25) is 9.36 Å². The van der Waals surface area contributed by atoms with E-state index in [2.05, 4.69) is 21.6 Å². The van der Waals surface area contributed by atoms with E-state index in [1.807, 2.05) is 79.1 Å². The minimum atomic E-state index is -0.116. The van der Waals surface area contributed by atoms with E-state index in [1.165, 1.54) is 11.8 Å². The number of amides is 1. The van der Waals surface area contributed by atoms with Crippen molar-refractivity contribution in [3.63, 3.8) is 0 Å². The van der Waals surface area contributed by atoms with Crippen LogP contribution in [0.3, 0.4) is 0 Å². The third-order valence-electron chi connectivity index (χ3n) is 4.72. The molecule has 0 saturated heterocycles. The first-order chi connectivity index (χ1) is 15.0. The molecule has 7 heteroatoms. The van der Waals surface area contributed by atoms with Crippen LogP contribution in [0.25, 0.3) is 17.1 Å². The molecule has 4 aromatic rings. The lowest BCUT2D eigenvalue weighted by molar-refractivity contribution is -0.113. The lowest BCUT2D eigenvalue weighted by Gasteiger charge is -2.11. The maximum Gasteiger partial charge on any atom is 0.234 e. The van der Waals surface area contributed by atoms with Gasteiger partial charge in [0.2, 0.25) is 5.91 Å². The molecule has 1 amide bonds. The lowest BCUT2D eigenvalue weighted by atomic mass is 10.1. The van der Waals surface area contributed by atoms with Gasteiger partial charge in [-0.2, -0.15) is 0 Å². The summed E-state index contributed by atoms with van der Waals surface area (Å²) in [5, 5.41) is 13.1. The highest BCUT2D eigenvalue weighted by molar-refractivity contribution is 7.99. The average molecular weight is 449 g/mol. The molecule has 0 spiro atoms. The number of anilines is 1. The molecule has 0 aliphatic rings. The van der Waals surface area contributed by atoms with Gasteiger partial charge in [-0.1, -0.05) is 65.3 Å². The number of nitrogens with zero attached hydrogens (tertiary/aromatic N) is 3. The SMILES string of the molecule is Cc1cccc(-c2nnc(SCC(=O)Nc3ccc(Cl)cc3C)n2-c2ccccc2)c1. The Kier molecular flexibility index (Phi) is 6.39. The van der Waals surface area contributed by atoms with Crippen LogP contribution in [0.2, 0.25) is 5.02 Å². The number of halogens is 1. The van der Waals surface area contributed by atoms with Crippen LogP contribution in [0.4, 0.5) is 5.69 Å². The Labute approximate surface area is 190 Å². The minimum Gasteiger partial charge on any atom is -0.325 e. The molecular weight excluding hydrogens is 428 g/mol. The van der Waals surface area contributed by atoms with Crippen LogP contribution >= 0.6 is 23.4 Å². The fourth-order valence-corrected chi connectivity index (χ4v) is 4.21. The van der Waals surface area contributed by atoms with E-state index in [0.717, 1.165) is 33.9 Å². The highest BCUT2D eigenvalue weighted by Crippen LogP contribution is 2.28. The number of aryl methyl sites for hydroxylation is 2. The zero-order valence-corrected chi connectivity index (χ0v) is 18.7. The molecule has 3 aromatic carbocycles. The summed E-state index contributed by atoms with van der Waals surface area (Å²) < 4.78 is 1.99. The Morgan fingerprint density at radius 2 is 1.81 bits per heavy atom. The van der Waals surface area contributed by atoms with Crippen molar-refractivity contribution in [2.45, 2.75) is 19.0 Å². The molecule has 4 rings (SSSR count). The summed E-state index contributed by atoms with van der Waals surface area (Å²) in [5.74, 6) is 0.836. The van der Waals surface area contributed by atoms with Gasteiger partial charge in [-0.15, -0.1) is 10.2 Å². The van der Waals surface area contributed by atoms with Crippen LogP contribution in [0.15, 0.2) is 78.0 Å². The van der Waals surface area contributed by atoms with Crippen LogP contribution in [0.1, 0.15) is 11.1 Å². The monoisotopic (exact) mass is 448 g/mol. The molecule has 1 heterocycles. The third-order valence-corrected chi connectivity index (χ3v) is 5.88. The highest BCUT2D eigenvalue weighted by atomic mass is 35.5. The highest BCUT2D eigenvalue weighted by Gasteiger charge is 2.17. The van der Waals surface area contributed by atoms with Crippen molar-refractivity contribution < 1.29 is 4.79 Å². The molecule has 0 aliphatic carbocycles. The number of aromatic nitrogens is 3. The molecule has 1 N–H and O–H groups in total. The van der Waals surface area contributed by atoms with E-state index in [-0.39, 0.29) is 11.7 Å². The summed E-state index contributed by atoms with van der Waals surface area (Å²) in [4.78, 5) is 12.6. The number of hydrogen-bond acceptors (Lipinski definition) is 4. The summed E-state index contributed by atoms with van der Waals surface area (Å²) in [5.41, 5.74) is 4.73. The molecule has 5 nitrogen and oxygen atoms in total. The second-order valence-electron chi connectivity index (χ2n) is 7.14. The summed E-state index contributed by atoms with van der Waals surface area (Å²) in [6.07, 6.45) is 0. The Bertz CT molecular complexity index is 1220. The Hall–Kier alpha value is -3.09. The molecule has 0 bridgehead atoms. The molecule has 0 atom stereocenters. The minimum absolute atomic E-state index is 0.116. The third kappa shape index (κ3) is 4.98. The molecular formula is C24H21ClN4OS. The largest absolute Gasteiger partial charge is 0.325 e. The molecule has 0 aliphatic heterocycles. The van der Waals surface area contributed by atoms with Gasteiger partial charge in [0.15, 0.2) is 11.0 Å². The number of thioether (sulfide) groups is 1. The number of nitrogens with one attached hydrogen (secondary N) is 1. The van der Waals surface area contributed by atoms with Crippen LogP contribution in [0, 0.1) is 13.8 Å². The number of hydrogen-bond donors (Lipinski definition) is 1. The number of para-hydroxylation sites is 1. The van der Waals surface area contributed by atoms with Gasteiger partial charge in [0, 0.05) is 22.0 Å². The van der Waals surface area contributed by atoms with Crippen molar-refractivity contribution in [2.24, 2.45) is 0 Å². The zero-order valence-electron chi connectivity index (χ0n) is 17.2. The van der Waals surface area contributed by atoms with Crippen LogP contribution in [-0.2, 0) is 4.79 Å². The molecule has 156 valence electrons. The Balaban J connectivity index is 1.59.